The number of aryl methyl sites for hydroxylation is 2. The molecule has 4 rings (SSSR count). The molecule has 1 aliphatic rings. The number of rotatable bonds is 5. The van der Waals surface area contributed by atoms with E-state index < -0.39 is 10.0 Å². The molecule has 0 radical (unpaired) electrons. The minimum atomic E-state index is -3.64. The Bertz CT molecular complexity index is 1170. The first-order valence-corrected chi connectivity index (χ1v) is 11.5. The van der Waals surface area contributed by atoms with Gasteiger partial charge in [0, 0.05) is 18.7 Å². The molecule has 1 aromatic carbocycles. The van der Waals surface area contributed by atoms with Crippen molar-refractivity contribution in [3.63, 3.8) is 0 Å². The fourth-order valence-electron chi connectivity index (χ4n) is 3.72. The van der Waals surface area contributed by atoms with Gasteiger partial charge in [-0.05, 0) is 32.9 Å². The highest BCUT2D eigenvalue weighted by atomic mass is 35.5. The van der Waals surface area contributed by atoms with Crippen LogP contribution in [0.1, 0.15) is 22.6 Å². The third kappa shape index (κ3) is 3.66. The molecule has 0 atom stereocenters. The normalized spacial score (nSPS) is 15.6. The number of aromatic nitrogens is 4. The lowest BCUT2D eigenvalue weighted by Gasteiger charge is -2.26. The predicted molar refractivity (Wildman–Crippen MR) is 114 cm³/mol. The number of hydrogen-bond donors (Lipinski definition) is 0. The maximum atomic E-state index is 13.2. The highest BCUT2D eigenvalue weighted by Gasteiger charge is 2.32. The summed E-state index contributed by atoms with van der Waals surface area (Å²) in [4.78, 5) is 0.258. The number of nitrogens with zero attached hydrogens (tertiary/aromatic N) is 5. The number of hydrogen-bond acceptors (Lipinski definition) is 5. The van der Waals surface area contributed by atoms with Crippen LogP contribution in [0.4, 0.5) is 0 Å². The molecule has 1 fully saturated rings. The van der Waals surface area contributed by atoms with Crippen LogP contribution in [0.2, 0.25) is 5.15 Å². The first-order valence-electron chi connectivity index (χ1n) is 9.72. The molecule has 0 spiro atoms. The number of para-hydroxylation sites is 1. The van der Waals surface area contributed by atoms with Crippen LogP contribution in [-0.4, -0.2) is 58.6 Å². The smallest absolute Gasteiger partial charge is 0.246 e. The topological polar surface area (TPSA) is 82.2 Å². The molecule has 0 saturated carbocycles. The van der Waals surface area contributed by atoms with Crippen LogP contribution in [0.3, 0.4) is 0 Å². The first-order chi connectivity index (χ1) is 14.3. The Labute approximate surface area is 181 Å². The van der Waals surface area contributed by atoms with Gasteiger partial charge in [-0.15, -0.1) is 0 Å². The van der Waals surface area contributed by atoms with Gasteiger partial charge in [0.1, 0.15) is 10.0 Å². The molecule has 30 heavy (non-hydrogen) atoms. The summed E-state index contributed by atoms with van der Waals surface area (Å²) in [6.07, 6.45) is 0. The molecule has 0 bridgehead atoms. The van der Waals surface area contributed by atoms with Crippen molar-refractivity contribution >= 4 is 21.6 Å². The first kappa shape index (κ1) is 21.0. The summed E-state index contributed by atoms with van der Waals surface area (Å²) in [5.41, 5.74) is 3.50. The maximum Gasteiger partial charge on any atom is 0.246 e. The van der Waals surface area contributed by atoms with E-state index in [2.05, 4.69) is 10.2 Å². The summed E-state index contributed by atoms with van der Waals surface area (Å²) < 4.78 is 36.5. The SMILES string of the molecule is Cc1nn(-c2ccccc2)c(Cl)c1Cn1nc(C)c(S(=O)(=O)N2CCOCC2)c1C. The van der Waals surface area contributed by atoms with Crippen LogP contribution < -0.4 is 0 Å². The Morgan fingerprint density at radius 2 is 1.70 bits per heavy atom. The molecule has 10 heteroatoms. The van der Waals surface area contributed by atoms with Crippen LogP contribution >= 0.6 is 11.6 Å². The number of benzene rings is 1. The number of halogens is 1. The van der Waals surface area contributed by atoms with E-state index in [1.54, 1.807) is 23.2 Å². The Morgan fingerprint density at radius 1 is 1.03 bits per heavy atom. The average molecular weight is 450 g/mol. The summed E-state index contributed by atoms with van der Waals surface area (Å²) in [5.74, 6) is 0. The molecule has 1 aliphatic heterocycles. The summed E-state index contributed by atoms with van der Waals surface area (Å²) in [6.45, 7) is 7.22. The van der Waals surface area contributed by atoms with Gasteiger partial charge in [-0.25, -0.2) is 13.1 Å². The monoisotopic (exact) mass is 449 g/mol. The lowest BCUT2D eigenvalue weighted by molar-refractivity contribution is 0.0730. The Morgan fingerprint density at radius 3 is 2.37 bits per heavy atom. The predicted octanol–water partition coefficient (Wildman–Crippen LogP) is 2.72. The lowest BCUT2D eigenvalue weighted by atomic mass is 10.2. The molecule has 0 N–H and O–H groups in total. The zero-order chi connectivity index (χ0) is 21.5. The highest BCUT2D eigenvalue weighted by molar-refractivity contribution is 7.89. The van der Waals surface area contributed by atoms with E-state index >= 15 is 0 Å². The van der Waals surface area contributed by atoms with Gasteiger partial charge in [0.2, 0.25) is 10.0 Å². The molecule has 160 valence electrons. The van der Waals surface area contributed by atoms with E-state index in [0.29, 0.717) is 49.4 Å². The van der Waals surface area contributed by atoms with E-state index in [1.807, 2.05) is 37.3 Å². The minimum Gasteiger partial charge on any atom is -0.379 e. The summed E-state index contributed by atoms with van der Waals surface area (Å²) >= 11 is 6.64. The fourth-order valence-corrected chi connectivity index (χ4v) is 5.84. The van der Waals surface area contributed by atoms with E-state index in [-0.39, 0.29) is 4.90 Å². The quantitative estimate of drug-likeness (QED) is 0.598. The van der Waals surface area contributed by atoms with Crippen molar-refractivity contribution in [2.24, 2.45) is 0 Å². The van der Waals surface area contributed by atoms with Crippen molar-refractivity contribution in [2.45, 2.75) is 32.2 Å². The minimum absolute atomic E-state index is 0.258. The van der Waals surface area contributed by atoms with Crippen molar-refractivity contribution in [3.8, 4) is 5.69 Å². The fraction of sp³-hybridized carbons (Fsp3) is 0.400. The molecule has 3 aromatic rings. The summed E-state index contributed by atoms with van der Waals surface area (Å²) in [5, 5.41) is 9.57. The number of sulfonamides is 1. The molecule has 0 aliphatic carbocycles. The third-order valence-electron chi connectivity index (χ3n) is 5.31. The third-order valence-corrected chi connectivity index (χ3v) is 7.85. The highest BCUT2D eigenvalue weighted by Crippen LogP contribution is 2.28. The summed E-state index contributed by atoms with van der Waals surface area (Å²) in [7, 11) is -3.64. The van der Waals surface area contributed by atoms with Gasteiger partial charge in [0.05, 0.1) is 42.5 Å². The van der Waals surface area contributed by atoms with Gasteiger partial charge in [-0.3, -0.25) is 4.68 Å². The van der Waals surface area contributed by atoms with Gasteiger partial charge >= 0.3 is 0 Å². The van der Waals surface area contributed by atoms with Crippen molar-refractivity contribution in [1.29, 1.82) is 0 Å². The summed E-state index contributed by atoms with van der Waals surface area (Å²) in [6, 6.07) is 9.64. The molecular formula is C20H24ClN5O3S. The molecule has 3 heterocycles. The van der Waals surface area contributed by atoms with Gasteiger partial charge in [0.25, 0.3) is 0 Å². The van der Waals surface area contributed by atoms with Gasteiger partial charge in [-0.2, -0.15) is 14.5 Å². The van der Waals surface area contributed by atoms with Gasteiger partial charge < -0.3 is 4.74 Å². The Kier molecular flexibility index (Phi) is 5.71. The van der Waals surface area contributed by atoms with Crippen LogP contribution in [0.5, 0.6) is 0 Å². The maximum absolute atomic E-state index is 13.2. The van der Waals surface area contributed by atoms with Crippen LogP contribution in [0, 0.1) is 20.8 Å². The second-order valence-electron chi connectivity index (χ2n) is 7.28. The molecular weight excluding hydrogens is 426 g/mol. The van der Waals surface area contributed by atoms with Crippen molar-refractivity contribution in [1.82, 2.24) is 23.9 Å². The van der Waals surface area contributed by atoms with Crippen molar-refractivity contribution in [2.75, 3.05) is 26.3 Å². The number of ether oxygens (including phenoxy) is 1. The molecule has 0 amide bonds. The average Bonchev–Trinajstić information content (AvgIpc) is 3.19. The zero-order valence-electron chi connectivity index (χ0n) is 17.2. The van der Waals surface area contributed by atoms with Crippen LogP contribution in [-0.2, 0) is 21.3 Å². The largest absolute Gasteiger partial charge is 0.379 e. The number of morpholine rings is 1. The van der Waals surface area contributed by atoms with Crippen molar-refractivity contribution in [3.05, 3.63) is 58.1 Å². The lowest BCUT2D eigenvalue weighted by Crippen LogP contribution is -2.41. The Hall–Kier alpha value is -2.20. The van der Waals surface area contributed by atoms with Gasteiger partial charge in [-0.1, -0.05) is 29.8 Å². The van der Waals surface area contributed by atoms with E-state index in [9.17, 15) is 8.42 Å². The second kappa shape index (κ2) is 8.14. The van der Waals surface area contributed by atoms with Crippen molar-refractivity contribution < 1.29 is 13.2 Å². The van der Waals surface area contributed by atoms with Crippen LogP contribution in [0.15, 0.2) is 35.2 Å². The van der Waals surface area contributed by atoms with E-state index in [0.717, 1.165) is 16.9 Å². The Balaban J connectivity index is 1.69. The molecule has 1 saturated heterocycles. The molecule has 2 aromatic heterocycles. The standard InChI is InChI=1S/C20H24ClN5O3S/c1-14-18(20(21)26(23-14)17-7-5-4-6-8-17)13-25-16(3)19(15(2)22-25)30(27,28)24-9-11-29-12-10-24/h4-8H,9-13H2,1-3H3. The molecule has 8 nitrogen and oxygen atoms in total. The molecule has 0 unspecified atom stereocenters. The van der Waals surface area contributed by atoms with E-state index in [4.69, 9.17) is 16.3 Å². The van der Waals surface area contributed by atoms with E-state index in [1.165, 1.54) is 4.31 Å². The van der Waals surface area contributed by atoms with Gasteiger partial charge in [0.15, 0.2) is 0 Å². The van der Waals surface area contributed by atoms with Crippen LogP contribution in [0.25, 0.3) is 5.69 Å². The zero-order valence-corrected chi connectivity index (χ0v) is 18.7. The second-order valence-corrected chi connectivity index (χ2v) is 9.51.